The van der Waals surface area contributed by atoms with Crippen molar-refractivity contribution in [2.45, 2.75) is 6.61 Å². The Morgan fingerprint density at radius 2 is 1.94 bits per heavy atom. The summed E-state index contributed by atoms with van der Waals surface area (Å²) in [7, 11) is 0. The summed E-state index contributed by atoms with van der Waals surface area (Å²) in [5.74, 6) is 0.129. The fourth-order valence-electron chi connectivity index (χ4n) is 1.37. The van der Waals surface area contributed by atoms with Crippen molar-refractivity contribution in [3.63, 3.8) is 0 Å². The van der Waals surface area contributed by atoms with Gasteiger partial charge in [-0.05, 0) is 45.8 Å². The number of halogens is 2. The Morgan fingerprint density at radius 1 is 1.18 bits per heavy atom. The molecule has 17 heavy (non-hydrogen) atoms. The maximum atomic E-state index is 13.2. The minimum Gasteiger partial charge on any atom is -0.504 e. The van der Waals surface area contributed by atoms with Crippen LogP contribution >= 0.6 is 15.9 Å². The Balaban J connectivity index is 2.08. The molecule has 88 valence electrons. The van der Waals surface area contributed by atoms with Crippen LogP contribution in [0.3, 0.4) is 0 Å². The highest BCUT2D eigenvalue weighted by Crippen LogP contribution is 2.25. The van der Waals surface area contributed by atoms with Crippen molar-refractivity contribution in [1.82, 2.24) is 0 Å². The Bertz CT molecular complexity index is 529. The summed E-state index contributed by atoms with van der Waals surface area (Å²) in [6, 6.07) is 11.4. The molecule has 0 atom stereocenters. The second kappa shape index (κ2) is 5.19. The summed E-state index contributed by atoms with van der Waals surface area (Å²) in [5, 5.41) is 9.48. The van der Waals surface area contributed by atoms with Crippen LogP contribution in [0.1, 0.15) is 5.56 Å². The van der Waals surface area contributed by atoms with Crippen molar-refractivity contribution in [3.8, 4) is 11.5 Å². The first kappa shape index (κ1) is 11.9. The molecule has 0 aliphatic carbocycles. The number of aromatic hydroxyl groups is 1. The third-order valence-electron chi connectivity index (χ3n) is 2.24. The zero-order valence-electron chi connectivity index (χ0n) is 8.86. The summed E-state index contributed by atoms with van der Waals surface area (Å²) >= 11 is 3.08. The number of rotatable bonds is 3. The SMILES string of the molecule is Oc1ccccc1OCc1ccc(Br)c(F)c1. The van der Waals surface area contributed by atoms with Gasteiger partial charge in [0.15, 0.2) is 11.5 Å². The van der Waals surface area contributed by atoms with E-state index in [-0.39, 0.29) is 18.2 Å². The summed E-state index contributed by atoms with van der Waals surface area (Å²) in [6.07, 6.45) is 0. The van der Waals surface area contributed by atoms with Gasteiger partial charge in [0.25, 0.3) is 0 Å². The largest absolute Gasteiger partial charge is 0.504 e. The molecule has 2 nitrogen and oxygen atoms in total. The lowest BCUT2D eigenvalue weighted by Crippen LogP contribution is -1.96. The van der Waals surface area contributed by atoms with E-state index in [2.05, 4.69) is 15.9 Å². The van der Waals surface area contributed by atoms with Crippen LogP contribution in [0, 0.1) is 5.82 Å². The van der Waals surface area contributed by atoms with E-state index < -0.39 is 0 Å². The highest BCUT2D eigenvalue weighted by Gasteiger charge is 2.03. The standard InChI is InChI=1S/C13H10BrFO2/c14-10-6-5-9(7-11(10)15)8-17-13-4-2-1-3-12(13)16/h1-7,16H,8H2. The van der Waals surface area contributed by atoms with Crippen molar-refractivity contribution in [3.05, 3.63) is 58.3 Å². The van der Waals surface area contributed by atoms with Crippen LogP contribution in [-0.2, 0) is 6.61 Å². The van der Waals surface area contributed by atoms with Crippen molar-refractivity contribution in [2.75, 3.05) is 0 Å². The highest BCUT2D eigenvalue weighted by molar-refractivity contribution is 9.10. The van der Waals surface area contributed by atoms with Crippen LogP contribution in [-0.4, -0.2) is 5.11 Å². The number of para-hydroxylation sites is 2. The first-order valence-electron chi connectivity index (χ1n) is 5.01. The first-order valence-corrected chi connectivity index (χ1v) is 5.81. The number of phenolic OH excluding ortho intramolecular Hbond substituents is 1. The van der Waals surface area contributed by atoms with Crippen LogP contribution in [0.15, 0.2) is 46.9 Å². The third-order valence-corrected chi connectivity index (χ3v) is 2.89. The summed E-state index contributed by atoms with van der Waals surface area (Å²) in [4.78, 5) is 0. The number of phenols is 1. The van der Waals surface area contributed by atoms with E-state index in [0.717, 1.165) is 0 Å². The minimum atomic E-state index is -0.330. The fourth-order valence-corrected chi connectivity index (χ4v) is 1.62. The van der Waals surface area contributed by atoms with Crippen LogP contribution in [0.25, 0.3) is 0 Å². The average molecular weight is 297 g/mol. The number of hydrogen-bond acceptors (Lipinski definition) is 2. The van der Waals surface area contributed by atoms with Gasteiger partial charge in [0, 0.05) is 0 Å². The highest BCUT2D eigenvalue weighted by atomic mass is 79.9. The van der Waals surface area contributed by atoms with E-state index in [1.165, 1.54) is 12.1 Å². The third kappa shape index (κ3) is 2.97. The first-order chi connectivity index (χ1) is 8.16. The Labute approximate surface area is 107 Å². The molecular weight excluding hydrogens is 287 g/mol. The van der Waals surface area contributed by atoms with Crippen molar-refractivity contribution >= 4 is 15.9 Å². The van der Waals surface area contributed by atoms with Gasteiger partial charge in [0.1, 0.15) is 12.4 Å². The van der Waals surface area contributed by atoms with E-state index >= 15 is 0 Å². The fraction of sp³-hybridized carbons (Fsp3) is 0.0769. The maximum absolute atomic E-state index is 13.2. The lowest BCUT2D eigenvalue weighted by Gasteiger charge is -2.08. The predicted octanol–water partition coefficient (Wildman–Crippen LogP) is 3.87. The van der Waals surface area contributed by atoms with Crippen molar-refractivity contribution in [1.29, 1.82) is 0 Å². The van der Waals surface area contributed by atoms with E-state index in [1.807, 2.05) is 0 Å². The predicted molar refractivity (Wildman–Crippen MR) is 66.5 cm³/mol. The molecule has 0 amide bonds. The van der Waals surface area contributed by atoms with Crippen molar-refractivity contribution < 1.29 is 14.2 Å². The second-order valence-corrected chi connectivity index (χ2v) is 4.36. The monoisotopic (exact) mass is 296 g/mol. The van der Waals surface area contributed by atoms with Crippen LogP contribution in [0.4, 0.5) is 4.39 Å². The van der Waals surface area contributed by atoms with Gasteiger partial charge in [-0.15, -0.1) is 0 Å². The molecule has 0 aliphatic heterocycles. The van der Waals surface area contributed by atoms with Gasteiger partial charge in [-0.2, -0.15) is 0 Å². The van der Waals surface area contributed by atoms with E-state index in [1.54, 1.807) is 30.3 Å². The number of ether oxygens (including phenoxy) is 1. The molecule has 0 fully saturated rings. The molecule has 0 radical (unpaired) electrons. The number of benzene rings is 2. The Kier molecular flexibility index (Phi) is 3.64. The van der Waals surface area contributed by atoms with Gasteiger partial charge >= 0.3 is 0 Å². The molecule has 4 heteroatoms. The van der Waals surface area contributed by atoms with E-state index in [9.17, 15) is 9.50 Å². The van der Waals surface area contributed by atoms with Crippen LogP contribution < -0.4 is 4.74 Å². The number of hydrogen-bond donors (Lipinski definition) is 1. The van der Waals surface area contributed by atoms with Crippen LogP contribution in [0.5, 0.6) is 11.5 Å². The quantitative estimate of drug-likeness (QED) is 0.931. The van der Waals surface area contributed by atoms with Gasteiger partial charge in [0.05, 0.1) is 4.47 Å². The van der Waals surface area contributed by atoms with E-state index in [4.69, 9.17) is 4.74 Å². The molecule has 2 aromatic rings. The molecule has 2 rings (SSSR count). The van der Waals surface area contributed by atoms with E-state index in [0.29, 0.717) is 15.8 Å². The van der Waals surface area contributed by atoms with Gasteiger partial charge in [-0.3, -0.25) is 0 Å². The molecule has 0 saturated heterocycles. The smallest absolute Gasteiger partial charge is 0.161 e. The minimum absolute atomic E-state index is 0.0742. The van der Waals surface area contributed by atoms with Crippen LogP contribution in [0.2, 0.25) is 0 Å². The Morgan fingerprint density at radius 3 is 2.65 bits per heavy atom. The summed E-state index contributed by atoms with van der Waals surface area (Å²) in [6.45, 7) is 0.210. The van der Waals surface area contributed by atoms with Gasteiger partial charge in [-0.25, -0.2) is 4.39 Å². The molecule has 0 spiro atoms. The molecule has 0 bridgehead atoms. The molecule has 1 N–H and O–H groups in total. The second-order valence-electron chi connectivity index (χ2n) is 3.50. The lowest BCUT2D eigenvalue weighted by atomic mass is 10.2. The van der Waals surface area contributed by atoms with Gasteiger partial charge < -0.3 is 9.84 Å². The maximum Gasteiger partial charge on any atom is 0.161 e. The average Bonchev–Trinajstić information content (AvgIpc) is 2.32. The summed E-state index contributed by atoms with van der Waals surface area (Å²) < 4.78 is 19.0. The molecule has 0 aromatic heterocycles. The molecule has 0 unspecified atom stereocenters. The zero-order valence-corrected chi connectivity index (χ0v) is 10.4. The molecule has 0 aliphatic rings. The molecular formula is C13H10BrFO2. The zero-order chi connectivity index (χ0) is 12.3. The normalized spacial score (nSPS) is 10.2. The van der Waals surface area contributed by atoms with Gasteiger partial charge in [0.2, 0.25) is 0 Å². The van der Waals surface area contributed by atoms with Crippen molar-refractivity contribution in [2.24, 2.45) is 0 Å². The molecule has 0 saturated carbocycles. The topological polar surface area (TPSA) is 29.5 Å². The lowest BCUT2D eigenvalue weighted by molar-refractivity contribution is 0.288. The molecule has 0 heterocycles. The molecule has 2 aromatic carbocycles. The summed E-state index contributed by atoms with van der Waals surface area (Å²) in [5.41, 5.74) is 0.703. The van der Waals surface area contributed by atoms with Gasteiger partial charge in [-0.1, -0.05) is 18.2 Å². The Hall–Kier alpha value is -1.55.